The van der Waals surface area contributed by atoms with Crippen molar-refractivity contribution in [2.24, 2.45) is 0 Å². The molecule has 1 aromatic heterocycles. The van der Waals surface area contributed by atoms with Crippen LogP contribution in [0.5, 0.6) is 0 Å². The second kappa shape index (κ2) is 8.16. The number of carbonyl (C=O) groups is 2. The van der Waals surface area contributed by atoms with E-state index in [1.165, 1.54) is 0 Å². The Morgan fingerprint density at radius 3 is 2.40 bits per heavy atom. The third kappa shape index (κ3) is 6.23. The molecule has 134 valence electrons. The average Bonchev–Trinajstić information content (AvgIpc) is 3.04. The highest BCUT2D eigenvalue weighted by atomic mass is 32.1. The van der Waals surface area contributed by atoms with Gasteiger partial charge in [0.1, 0.15) is 5.60 Å². The van der Waals surface area contributed by atoms with Crippen molar-refractivity contribution in [3.8, 4) is 0 Å². The van der Waals surface area contributed by atoms with Crippen LogP contribution < -0.4 is 5.32 Å². The first-order valence-corrected chi connectivity index (χ1v) is 8.96. The number of ether oxygens (including phenoxy) is 1. The van der Waals surface area contributed by atoms with Gasteiger partial charge < -0.3 is 15.0 Å². The normalized spacial score (nSPS) is 11.0. The van der Waals surface area contributed by atoms with Crippen molar-refractivity contribution in [2.45, 2.75) is 39.5 Å². The first kappa shape index (κ1) is 19.0. The van der Waals surface area contributed by atoms with Gasteiger partial charge in [0.05, 0.1) is 6.54 Å². The van der Waals surface area contributed by atoms with Crippen LogP contribution in [0.15, 0.2) is 41.8 Å². The van der Waals surface area contributed by atoms with Crippen molar-refractivity contribution < 1.29 is 14.3 Å². The summed E-state index contributed by atoms with van der Waals surface area (Å²) in [6.07, 6.45) is -0.455. The van der Waals surface area contributed by atoms with Crippen LogP contribution in [0.25, 0.3) is 0 Å². The summed E-state index contributed by atoms with van der Waals surface area (Å²) in [7, 11) is 1.79. The minimum atomic E-state index is -0.520. The Kier molecular flexibility index (Phi) is 6.20. The monoisotopic (exact) mass is 360 g/mol. The number of hydrogen-bond acceptors (Lipinski definition) is 4. The summed E-state index contributed by atoms with van der Waals surface area (Å²) in [5, 5.41) is 4.70. The topological polar surface area (TPSA) is 58.6 Å². The minimum Gasteiger partial charge on any atom is -0.444 e. The van der Waals surface area contributed by atoms with Crippen LogP contribution in [0.4, 0.5) is 4.79 Å². The molecule has 25 heavy (non-hydrogen) atoms. The molecular formula is C19H24N2O3S. The van der Waals surface area contributed by atoms with Crippen molar-refractivity contribution >= 4 is 23.3 Å². The number of carbonyl (C=O) groups excluding carboxylic acids is 2. The number of benzene rings is 1. The van der Waals surface area contributed by atoms with E-state index >= 15 is 0 Å². The van der Waals surface area contributed by atoms with E-state index in [-0.39, 0.29) is 5.91 Å². The van der Waals surface area contributed by atoms with Gasteiger partial charge in [0.2, 0.25) is 0 Å². The van der Waals surface area contributed by atoms with Gasteiger partial charge in [-0.05, 0) is 49.9 Å². The Labute approximate surface area is 152 Å². The zero-order chi connectivity index (χ0) is 18.4. The smallest absolute Gasteiger partial charge is 0.407 e. The third-order valence-corrected chi connectivity index (χ3v) is 4.22. The fourth-order valence-electron chi connectivity index (χ4n) is 2.18. The molecule has 5 nitrogen and oxygen atoms in total. The molecule has 0 saturated carbocycles. The fourth-order valence-corrected chi connectivity index (χ4v) is 2.94. The first-order valence-electron chi connectivity index (χ1n) is 8.08. The Bertz CT molecular complexity index is 703. The van der Waals surface area contributed by atoms with Gasteiger partial charge in [0.25, 0.3) is 5.91 Å². The molecule has 0 bridgehead atoms. The van der Waals surface area contributed by atoms with Crippen LogP contribution in [0.1, 0.15) is 41.6 Å². The number of alkyl carbamates (subject to hydrolysis) is 1. The van der Waals surface area contributed by atoms with Crippen molar-refractivity contribution in [1.29, 1.82) is 0 Å². The van der Waals surface area contributed by atoms with Crippen LogP contribution >= 0.6 is 11.3 Å². The Balaban J connectivity index is 1.88. The highest BCUT2D eigenvalue weighted by molar-refractivity contribution is 7.09. The molecule has 2 aromatic rings. The molecular weight excluding hydrogens is 336 g/mol. The molecule has 0 aliphatic carbocycles. The summed E-state index contributed by atoms with van der Waals surface area (Å²) < 4.78 is 5.19. The average molecular weight is 360 g/mol. The zero-order valence-corrected chi connectivity index (χ0v) is 15.9. The molecule has 0 fully saturated rings. The van der Waals surface area contributed by atoms with Crippen molar-refractivity contribution in [1.82, 2.24) is 10.2 Å². The zero-order valence-electron chi connectivity index (χ0n) is 15.0. The molecule has 0 aliphatic heterocycles. The molecule has 0 atom stereocenters. The predicted molar refractivity (Wildman–Crippen MR) is 99.6 cm³/mol. The van der Waals surface area contributed by atoms with E-state index in [1.807, 2.05) is 50.4 Å². The minimum absolute atomic E-state index is 0.0277. The summed E-state index contributed by atoms with van der Waals surface area (Å²) in [4.78, 5) is 26.9. The van der Waals surface area contributed by atoms with Gasteiger partial charge in [-0.15, -0.1) is 11.3 Å². The van der Waals surface area contributed by atoms with Crippen molar-refractivity contribution in [3.05, 3.63) is 57.8 Å². The van der Waals surface area contributed by atoms with Crippen LogP contribution in [0, 0.1) is 0 Å². The maximum absolute atomic E-state index is 12.4. The third-order valence-electron chi connectivity index (χ3n) is 3.36. The van der Waals surface area contributed by atoms with E-state index in [1.54, 1.807) is 35.4 Å². The van der Waals surface area contributed by atoms with Gasteiger partial charge >= 0.3 is 6.09 Å². The molecule has 2 rings (SSSR count). The molecule has 0 saturated heterocycles. The fraction of sp³-hybridized carbons (Fsp3) is 0.368. The second-order valence-corrected chi connectivity index (χ2v) is 7.83. The van der Waals surface area contributed by atoms with Gasteiger partial charge in [0.15, 0.2) is 0 Å². The molecule has 0 unspecified atom stereocenters. The van der Waals surface area contributed by atoms with Gasteiger partial charge in [-0.25, -0.2) is 4.79 Å². The van der Waals surface area contributed by atoms with Gasteiger partial charge in [-0.2, -0.15) is 0 Å². The lowest BCUT2D eigenvalue weighted by molar-refractivity contribution is 0.0523. The first-order chi connectivity index (χ1) is 11.7. The number of nitrogens with one attached hydrogen (secondary N) is 1. The lowest BCUT2D eigenvalue weighted by Gasteiger charge is -2.19. The number of nitrogens with zero attached hydrogens (tertiary/aromatic N) is 1. The lowest BCUT2D eigenvalue weighted by Crippen LogP contribution is -2.32. The van der Waals surface area contributed by atoms with E-state index in [0.29, 0.717) is 18.7 Å². The summed E-state index contributed by atoms with van der Waals surface area (Å²) >= 11 is 1.63. The summed E-state index contributed by atoms with van der Waals surface area (Å²) in [5.74, 6) is -0.0277. The molecule has 2 amide bonds. The van der Waals surface area contributed by atoms with Crippen LogP contribution in [0.2, 0.25) is 0 Å². The molecule has 0 radical (unpaired) electrons. The van der Waals surface area contributed by atoms with Gasteiger partial charge in [-0.3, -0.25) is 4.79 Å². The highest BCUT2D eigenvalue weighted by Gasteiger charge is 2.16. The number of amides is 2. The second-order valence-electron chi connectivity index (χ2n) is 6.79. The Morgan fingerprint density at radius 2 is 1.84 bits per heavy atom. The molecule has 1 aromatic carbocycles. The SMILES string of the molecule is CN(Cc1cccs1)C(=O)c1ccc(CNC(=O)OC(C)(C)C)cc1. The van der Waals surface area contributed by atoms with Gasteiger partial charge in [0, 0.05) is 24.0 Å². The summed E-state index contributed by atoms with van der Waals surface area (Å²) in [6.45, 7) is 6.41. The number of hydrogen-bond donors (Lipinski definition) is 1. The Hall–Kier alpha value is -2.34. The molecule has 1 heterocycles. The maximum atomic E-state index is 12.4. The summed E-state index contributed by atoms with van der Waals surface area (Å²) in [5.41, 5.74) is 1.01. The maximum Gasteiger partial charge on any atom is 0.407 e. The molecule has 1 N–H and O–H groups in total. The number of thiophene rings is 1. The lowest BCUT2D eigenvalue weighted by atomic mass is 10.1. The molecule has 0 aliphatic rings. The van der Waals surface area contributed by atoms with E-state index in [2.05, 4.69) is 5.32 Å². The standard InChI is InChI=1S/C19H24N2O3S/c1-19(2,3)24-18(23)20-12-14-7-9-15(10-8-14)17(22)21(4)13-16-6-5-11-25-16/h5-11H,12-13H2,1-4H3,(H,20,23). The van der Waals surface area contributed by atoms with E-state index in [0.717, 1.165) is 10.4 Å². The van der Waals surface area contributed by atoms with Crippen LogP contribution in [0.3, 0.4) is 0 Å². The van der Waals surface area contributed by atoms with Crippen LogP contribution in [-0.2, 0) is 17.8 Å². The predicted octanol–water partition coefficient (Wildman–Crippen LogP) is 4.05. The summed E-state index contributed by atoms with van der Waals surface area (Å²) in [6, 6.07) is 11.2. The van der Waals surface area contributed by atoms with E-state index < -0.39 is 11.7 Å². The number of rotatable bonds is 5. The van der Waals surface area contributed by atoms with Crippen molar-refractivity contribution in [3.63, 3.8) is 0 Å². The Morgan fingerprint density at radius 1 is 1.16 bits per heavy atom. The largest absolute Gasteiger partial charge is 0.444 e. The van der Waals surface area contributed by atoms with Crippen molar-refractivity contribution in [2.75, 3.05) is 7.05 Å². The van der Waals surface area contributed by atoms with Crippen LogP contribution in [-0.4, -0.2) is 29.5 Å². The van der Waals surface area contributed by atoms with Gasteiger partial charge in [-0.1, -0.05) is 18.2 Å². The molecule has 0 spiro atoms. The van der Waals surface area contributed by atoms with E-state index in [4.69, 9.17) is 4.74 Å². The highest BCUT2D eigenvalue weighted by Crippen LogP contribution is 2.14. The van der Waals surface area contributed by atoms with E-state index in [9.17, 15) is 9.59 Å². The quantitative estimate of drug-likeness (QED) is 0.875. The molecule has 6 heteroatoms.